The van der Waals surface area contributed by atoms with Crippen LogP contribution in [0.3, 0.4) is 0 Å². The van der Waals surface area contributed by atoms with Crippen molar-refractivity contribution in [2.45, 2.75) is 40.2 Å². The number of nitrogens with one attached hydrogen (secondary N) is 1. The first-order valence-corrected chi connectivity index (χ1v) is 6.82. The largest absolute Gasteiger partial charge is 0.462 e. The van der Waals surface area contributed by atoms with Crippen LogP contribution in [0.4, 0.5) is 11.4 Å². The fourth-order valence-electron chi connectivity index (χ4n) is 1.96. The standard InChI is InChI=1S/C15H24N2O2/c1-5-13(10(3)4)17-14-9-11(7-8-12(14)16)15(18)19-6-2/h7-10,13,17H,5-6,16H2,1-4H3. The van der Waals surface area contributed by atoms with Crippen LogP contribution < -0.4 is 11.1 Å². The van der Waals surface area contributed by atoms with Crippen LogP contribution in [0.2, 0.25) is 0 Å². The number of esters is 1. The first-order chi connectivity index (χ1) is 8.99. The maximum Gasteiger partial charge on any atom is 0.338 e. The Morgan fingerprint density at radius 3 is 2.58 bits per heavy atom. The first kappa shape index (κ1) is 15.3. The average Bonchev–Trinajstić information content (AvgIpc) is 2.37. The molecule has 0 amide bonds. The molecule has 0 saturated carbocycles. The monoisotopic (exact) mass is 264 g/mol. The number of hydrogen-bond acceptors (Lipinski definition) is 4. The third-order valence-electron chi connectivity index (χ3n) is 3.15. The Balaban J connectivity index is 2.94. The molecule has 3 N–H and O–H groups in total. The van der Waals surface area contributed by atoms with Gasteiger partial charge in [0.15, 0.2) is 0 Å². The third kappa shape index (κ3) is 4.16. The number of nitrogens with two attached hydrogens (primary N) is 1. The minimum absolute atomic E-state index is 0.317. The molecule has 1 aromatic carbocycles. The van der Waals surface area contributed by atoms with Crippen molar-refractivity contribution in [2.24, 2.45) is 5.92 Å². The molecule has 0 fully saturated rings. The molecule has 1 rings (SSSR count). The molecule has 106 valence electrons. The van der Waals surface area contributed by atoms with Gasteiger partial charge in [0.05, 0.1) is 23.5 Å². The fraction of sp³-hybridized carbons (Fsp3) is 0.533. The van der Waals surface area contributed by atoms with Gasteiger partial charge in [-0.05, 0) is 37.5 Å². The quantitative estimate of drug-likeness (QED) is 0.611. The molecule has 1 unspecified atom stereocenters. The Morgan fingerprint density at radius 2 is 2.05 bits per heavy atom. The SMILES string of the molecule is CCOC(=O)c1ccc(N)c(NC(CC)C(C)C)c1. The predicted octanol–water partition coefficient (Wildman–Crippen LogP) is 3.29. The van der Waals surface area contributed by atoms with E-state index < -0.39 is 0 Å². The number of rotatable bonds is 6. The lowest BCUT2D eigenvalue weighted by Crippen LogP contribution is -2.25. The summed E-state index contributed by atoms with van der Waals surface area (Å²) in [5.41, 5.74) is 7.92. The summed E-state index contributed by atoms with van der Waals surface area (Å²) in [6, 6.07) is 5.52. The molecule has 1 aromatic rings. The van der Waals surface area contributed by atoms with Crippen molar-refractivity contribution in [1.82, 2.24) is 0 Å². The molecule has 0 aliphatic carbocycles. The molecular formula is C15H24N2O2. The van der Waals surface area contributed by atoms with Crippen molar-refractivity contribution >= 4 is 17.3 Å². The van der Waals surface area contributed by atoms with Crippen LogP contribution in [0.15, 0.2) is 18.2 Å². The van der Waals surface area contributed by atoms with Crippen molar-refractivity contribution in [3.05, 3.63) is 23.8 Å². The Bertz CT molecular complexity index is 430. The number of benzene rings is 1. The van der Waals surface area contributed by atoms with E-state index in [1.54, 1.807) is 25.1 Å². The lowest BCUT2D eigenvalue weighted by molar-refractivity contribution is 0.0526. The summed E-state index contributed by atoms with van der Waals surface area (Å²) in [4.78, 5) is 11.7. The number of nitrogen functional groups attached to an aromatic ring is 1. The van der Waals surface area contributed by atoms with Gasteiger partial charge in [0, 0.05) is 6.04 Å². The summed E-state index contributed by atoms with van der Waals surface area (Å²) in [6.45, 7) is 8.61. The highest BCUT2D eigenvalue weighted by molar-refractivity contribution is 5.92. The van der Waals surface area contributed by atoms with Crippen LogP contribution in [0.5, 0.6) is 0 Å². The highest BCUT2D eigenvalue weighted by atomic mass is 16.5. The number of hydrogen-bond donors (Lipinski definition) is 2. The molecule has 0 spiro atoms. The summed E-state index contributed by atoms with van der Waals surface area (Å²) in [7, 11) is 0. The van der Waals surface area contributed by atoms with Gasteiger partial charge in [-0.1, -0.05) is 20.8 Å². The third-order valence-corrected chi connectivity index (χ3v) is 3.15. The van der Waals surface area contributed by atoms with Crippen LogP contribution in [0, 0.1) is 5.92 Å². The van der Waals surface area contributed by atoms with E-state index in [1.807, 2.05) is 0 Å². The average molecular weight is 264 g/mol. The van der Waals surface area contributed by atoms with E-state index in [-0.39, 0.29) is 5.97 Å². The van der Waals surface area contributed by atoms with E-state index in [4.69, 9.17) is 10.5 Å². The molecule has 1 atom stereocenters. The van der Waals surface area contributed by atoms with Crippen LogP contribution in [0.1, 0.15) is 44.5 Å². The molecule has 19 heavy (non-hydrogen) atoms. The number of ether oxygens (including phenoxy) is 1. The molecule has 0 saturated heterocycles. The summed E-state index contributed by atoms with van der Waals surface area (Å²) in [5, 5.41) is 3.40. The van der Waals surface area contributed by atoms with Crippen molar-refractivity contribution in [1.29, 1.82) is 0 Å². The fourth-order valence-corrected chi connectivity index (χ4v) is 1.96. The predicted molar refractivity (Wildman–Crippen MR) is 79.4 cm³/mol. The van der Waals surface area contributed by atoms with Gasteiger partial charge < -0.3 is 15.8 Å². The molecule has 0 aliphatic rings. The minimum atomic E-state index is -0.317. The van der Waals surface area contributed by atoms with E-state index in [0.29, 0.717) is 29.8 Å². The zero-order chi connectivity index (χ0) is 14.4. The van der Waals surface area contributed by atoms with Gasteiger partial charge in [0.25, 0.3) is 0 Å². The first-order valence-electron chi connectivity index (χ1n) is 6.82. The minimum Gasteiger partial charge on any atom is -0.462 e. The summed E-state index contributed by atoms with van der Waals surface area (Å²) < 4.78 is 4.99. The second kappa shape index (κ2) is 7.02. The molecule has 0 aliphatic heterocycles. The van der Waals surface area contributed by atoms with Crippen LogP contribution in [-0.2, 0) is 4.74 Å². The normalized spacial score (nSPS) is 12.3. The van der Waals surface area contributed by atoms with Gasteiger partial charge in [-0.15, -0.1) is 0 Å². The molecule has 4 nitrogen and oxygen atoms in total. The molecule has 0 bridgehead atoms. The second-order valence-electron chi connectivity index (χ2n) is 4.93. The number of carbonyl (C=O) groups is 1. The Kier molecular flexibility index (Phi) is 5.67. The van der Waals surface area contributed by atoms with Crippen molar-refractivity contribution in [3.63, 3.8) is 0 Å². The van der Waals surface area contributed by atoms with E-state index in [1.165, 1.54) is 0 Å². The number of anilines is 2. The molecule has 0 heterocycles. The van der Waals surface area contributed by atoms with Crippen LogP contribution in [-0.4, -0.2) is 18.6 Å². The maximum absolute atomic E-state index is 11.7. The molecular weight excluding hydrogens is 240 g/mol. The van der Waals surface area contributed by atoms with E-state index in [0.717, 1.165) is 12.1 Å². The van der Waals surface area contributed by atoms with E-state index >= 15 is 0 Å². The van der Waals surface area contributed by atoms with Crippen molar-refractivity contribution < 1.29 is 9.53 Å². The lowest BCUT2D eigenvalue weighted by Gasteiger charge is -2.23. The molecule has 4 heteroatoms. The van der Waals surface area contributed by atoms with Gasteiger partial charge in [0.2, 0.25) is 0 Å². The highest BCUT2D eigenvalue weighted by Gasteiger charge is 2.14. The Morgan fingerprint density at radius 1 is 1.37 bits per heavy atom. The van der Waals surface area contributed by atoms with Gasteiger partial charge in [-0.25, -0.2) is 4.79 Å². The zero-order valence-corrected chi connectivity index (χ0v) is 12.2. The molecule has 0 aromatic heterocycles. The van der Waals surface area contributed by atoms with E-state index in [9.17, 15) is 4.79 Å². The molecule has 0 radical (unpaired) electrons. The summed E-state index contributed by atoms with van der Waals surface area (Å²) in [6.07, 6.45) is 1.00. The highest BCUT2D eigenvalue weighted by Crippen LogP contribution is 2.23. The lowest BCUT2D eigenvalue weighted by atomic mass is 10.0. The van der Waals surface area contributed by atoms with Gasteiger partial charge in [-0.2, -0.15) is 0 Å². The van der Waals surface area contributed by atoms with Crippen molar-refractivity contribution in [2.75, 3.05) is 17.7 Å². The summed E-state index contributed by atoms with van der Waals surface area (Å²) in [5.74, 6) is 0.179. The van der Waals surface area contributed by atoms with Crippen molar-refractivity contribution in [3.8, 4) is 0 Å². The van der Waals surface area contributed by atoms with E-state index in [2.05, 4.69) is 26.1 Å². The topological polar surface area (TPSA) is 64.3 Å². The smallest absolute Gasteiger partial charge is 0.338 e. The van der Waals surface area contributed by atoms with Crippen LogP contribution >= 0.6 is 0 Å². The zero-order valence-electron chi connectivity index (χ0n) is 12.2. The van der Waals surface area contributed by atoms with Crippen LogP contribution in [0.25, 0.3) is 0 Å². The van der Waals surface area contributed by atoms with Gasteiger partial charge >= 0.3 is 5.97 Å². The number of carbonyl (C=O) groups excluding carboxylic acids is 1. The maximum atomic E-state index is 11.7. The van der Waals surface area contributed by atoms with Gasteiger partial charge in [0.1, 0.15) is 0 Å². The van der Waals surface area contributed by atoms with Gasteiger partial charge in [-0.3, -0.25) is 0 Å². The summed E-state index contributed by atoms with van der Waals surface area (Å²) >= 11 is 0. The second-order valence-corrected chi connectivity index (χ2v) is 4.93. The Labute approximate surface area is 115 Å². The Hall–Kier alpha value is -1.71.